The summed E-state index contributed by atoms with van der Waals surface area (Å²) >= 11 is 0. The Hall–Kier alpha value is -1.87. The zero-order valence-corrected chi connectivity index (χ0v) is 11.3. The van der Waals surface area contributed by atoms with Crippen LogP contribution in [0.15, 0.2) is 36.5 Å². The van der Waals surface area contributed by atoms with E-state index in [0.29, 0.717) is 5.69 Å². The van der Waals surface area contributed by atoms with Gasteiger partial charge in [0.1, 0.15) is 0 Å². The molecule has 1 saturated heterocycles. The van der Waals surface area contributed by atoms with Gasteiger partial charge in [0.05, 0.1) is 25.1 Å². The lowest BCUT2D eigenvalue weighted by atomic mass is 9.80. The molecule has 2 N–H and O–H groups in total. The molecule has 0 saturated carbocycles. The lowest BCUT2D eigenvalue weighted by Gasteiger charge is -2.38. The van der Waals surface area contributed by atoms with E-state index in [1.165, 1.54) is 11.1 Å². The fourth-order valence-electron chi connectivity index (χ4n) is 2.48. The molecule has 0 bridgehead atoms. The molecule has 0 amide bonds. The molecule has 2 aromatic rings. The van der Waals surface area contributed by atoms with Gasteiger partial charge in [-0.2, -0.15) is 0 Å². The van der Waals surface area contributed by atoms with Gasteiger partial charge in [-0.25, -0.2) is 0 Å². The van der Waals surface area contributed by atoms with Gasteiger partial charge in [0.2, 0.25) is 0 Å². The number of hydrogen-bond acceptors (Lipinski definition) is 3. The number of anilines is 1. The molecule has 0 aliphatic carbocycles. The average molecular weight is 254 g/mol. The van der Waals surface area contributed by atoms with Crippen molar-refractivity contribution in [3.05, 3.63) is 47.8 Å². The maximum absolute atomic E-state index is 5.84. The van der Waals surface area contributed by atoms with Crippen molar-refractivity contribution in [3.63, 3.8) is 0 Å². The molecule has 0 unspecified atom stereocenters. The van der Waals surface area contributed by atoms with E-state index in [0.717, 1.165) is 24.5 Å². The quantitative estimate of drug-likeness (QED) is 0.896. The summed E-state index contributed by atoms with van der Waals surface area (Å²) in [6.07, 6.45) is 1.70. The number of nitrogens with two attached hydrogens (primary N) is 1. The van der Waals surface area contributed by atoms with E-state index < -0.39 is 0 Å². The topological polar surface area (TPSA) is 48.1 Å². The molecular weight excluding hydrogens is 236 g/mol. The van der Waals surface area contributed by atoms with Crippen molar-refractivity contribution in [2.24, 2.45) is 0 Å². The number of ether oxygens (including phenoxy) is 1. The number of pyridine rings is 1. The molecule has 0 radical (unpaired) electrons. The molecule has 3 heteroatoms. The molecule has 0 atom stereocenters. The van der Waals surface area contributed by atoms with Gasteiger partial charge in [0, 0.05) is 16.7 Å². The van der Waals surface area contributed by atoms with E-state index in [1.807, 2.05) is 13.0 Å². The average Bonchev–Trinajstić information content (AvgIpc) is 2.39. The van der Waals surface area contributed by atoms with Crippen LogP contribution in [0.5, 0.6) is 0 Å². The summed E-state index contributed by atoms with van der Waals surface area (Å²) in [7, 11) is 0. The van der Waals surface area contributed by atoms with Crippen molar-refractivity contribution >= 4 is 5.69 Å². The third-order valence-corrected chi connectivity index (χ3v) is 3.82. The van der Waals surface area contributed by atoms with Crippen molar-refractivity contribution in [3.8, 4) is 11.1 Å². The minimum absolute atomic E-state index is 0.150. The van der Waals surface area contributed by atoms with E-state index in [2.05, 4.69) is 36.2 Å². The number of aryl methyl sites for hydroxylation is 1. The second kappa shape index (κ2) is 4.35. The highest BCUT2D eigenvalue weighted by molar-refractivity contribution is 5.69. The lowest BCUT2D eigenvalue weighted by Crippen LogP contribution is -2.43. The summed E-state index contributed by atoms with van der Waals surface area (Å²) in [6.45, 7) is 5.84. The van der Waals surface area contributed by atoms with E-state index >= 15 is 0 Å². The first kappa shape index (κ1) is 12.2. The standard InChI is InChI=1S/C16H18N2O/c1-11-15(7-14(17)8-18-11)12-4-3-5-13(6-12)16(2)9-19-10-16/h3-8H,9-10,17H2,1-2H3. The van der Waals surface area contributed by atoms with Crippen LogP contribution in [0.2, 0.25) is 0 Å². The number of aromatic nitrogens is 1. The Morgan fingerprint density at radius 3 is 2.74 bits per heavy atom. The smallest absolute Gasteiger partial charge is 0.0582 e. The largest absolute Gasteiger partial charge is 0.397 e. The molecule has 1 aliphatic heterocycles. The van der Waals surface area contributed by atoms with Crippen LogP contribution in [0.3, 0.4) is 0 Å². The first-order chi connectivity index (χ1) is 9.08. The van der Waals surface area contributed by atoms with Gasteiger partial charge in [-0.1, -0.05) is 31.2 Å². The van der Waals surface area contributed by atoms with Crippen molar-refractivity contribution in [2.45, 2.75) is 19.3 Å². The van der Waals surface area contributed by atoms with Crippen LogP contribution in [-0.4, -0.2) is 18.2 Å². The summed E-state index contributed by atoms with van der Waals surface area (Å²) in [5, 5.41) is 0. The van der Waals surface area contributed by atoms with Crippen LogP contribution in [0.4, 0.5) is 5.69 Å². The van der Waals surface area contributed by atoms with Crippen LogP contribution < -0.4 is 5.73 Å². The Morgan fingerprint density at radius 1 is 1.26 bits per heavy atom. The molecule has 1 aliphatic rings. The van der Waals surface area contributed by atoms with Crippen molar-refractivity contribution in [1.82, 2.24) is 4.98 Å². The third kappa shape index (κ3) is 2.10. The molecule has 1 aromatic carbocycles. The molecule has 19 heavy (non-hydrogen) atoms. The first-order valence-corrected chi connectivity index (χ1v) is 6.49. The van der Waals surface area contributed by atoms with Gasteiger partial charge in [-0.05, 0) is 24.1 Å². The molecular formula is C16H18N2O. The number of benzene rings is 1. The summed E-state index contributed by atoms with van der Waals surface area (Å²) < 4.78 is 5.35. The Kier molecular flexibility index (Phi) is 2.79. The number of hydrogen-bond donors (Lipinski definition) is 1. The van der Waals surface area contributed by atoms with Gasteiger partial charge >= 0.3 is 0 Å². The van der Waals surface area contributed by atoms with E-state index in [1.54, 1.807) is 6.20 Å². The SMILES string of the molecule is Cc1ncc(N)cc1-c1cccc(C2(C)COC2)c1. The summed E-state index contributed by atoms with van der Waals surface area (Å²) in [5.74, 6) is 0. The predicted octanol–water partition coefficient (Wildman–Crippen LogP) is 2.93. The maximum atomic E-state index is 5.84. The molecule has 98 valence electrons. The van der Waals surface area contributed by atoms with Crippen molar-refractivity contribution < 1.29 is 4.74 Å². The second-order valence-corrected chi connectivity index (χ2v) is 5.54. The number of rotatable bonds is 2. The van der Waals surface area contributed by atoms with Crippen molar-refractivity contribution in [2.75, 3.05) is 18.9 Å². The Balaban J connectivity index is 2.06. The third-order valence-electron chi connectivity index (χ3n) is 3.82. The molecule has 0 spiro atoms. The van der Waals surface area contributed by atoms with E-state index in [9.17, 15) is 0 Å². The Morgan fingerprint density at radius 2 is 2.05 bits per heavy atom. The highest BCUT2D eigenvalue weighted by Crippen LogP contribution is 2.34. The minimum atomic E-state index is 0.150. The van der Waals surface area contributed by atoms with E-state index in [-0.39, 0.29) is 5.41 Å². The number of nitrogen functional groups attached to an aromatic ring is 1. The van der Waals surface area contributed by atoms with Gasteiger partial charge in [0.15, 0.2) is 0 Å². The van der Waals surface area contributed by atoms with Crippen LogP contribution in [0, 0.1) is 6.92 Å². The Bertz CT molecular complexity index is 618. The highest BCUT2D eigenvalue weighted by atomic mass is 16.5. The summed E-state index contributed by atoms with van der Waals surface area (Å²) in [5.41, 5.74) is 11.3. The lowest BCUT2D eigenvalue weighted by molar-refractivity contribution is -0.0499. The zero-order valence-electron chi connectivity index (χ0n) is 11.3. The molecule has 2 heterocycles. The maximum Gasteiger partial charge on any atom is 0.0582 e. The first-order valence-electron chi connectivity index (χ1n) is 6.49. The van der Waals surface area contributed by atoms with Gasteiger partial charge in [-0.3, -0.25) is 4.98 Å². The van der Waals surface area contributed by atoms with Crippen LogP contribution in [-0.2, 0) is 10.2 Å². The van der Waals surface area contributed by atoms with E-state index in [4.69, 9.17) is 10.5 Å². The summed E-state index contributed by atoms with van der Waals surface area (Å²) in [6, 6.07) is 10.6. The monoisotopic (exact) mass is 254 g/mol. The fraction of sp³-hybridized carbons (Fsp3) is 0.312. The second-order valence-electron chi connectivity index (χ2n) is 5.54. The summed E-state index contributed by atoms with van der Waals surface area (Å²) in [4.78, 5) is 4.33. The molecule has 1 aromatic heterocycles. The van der Waals surface area contributed by atoms with Gasteiger partial charge in [0.25, 0.3) is 0 Å². The van der Waals surface area contributed by atoms with Gasteiger partial charge in [-0.15, -0.1) is 0 Å². The predicted molar refractivity (Wildman–Crippen MR) is 77.0 cm³/mol. The van der Waals surface area contributed by atoms with Crippen LogP contribution in [0.1, 0.15) is 18.2 Å². The molecule has 1 fully saturated rings. The minimum Gasteiger partial charge on any atom is -0.397 e. The zero-order chi connectivity index (χ0) is 13.5. The Labute approximate surface area is 113 Å². The van der Waals surface area contributed by atoms with Crippen LogP contribution in [0.25, 0.3) is 11.1 Å². The highest BCUT2D eigenvalue weighted by Gasteiger charge is 2.35. The van der Waals surface area contributed by atoms with Crippen molar-refractivity contribution in [1.29, 1.82) is 0 Å². The molecule has 3 nitrogen and oxygen atoms in total. The fourth-order valence-corrected chi connectivity index (χ4v) is 2.48. The number of nitrogens with zero attached hydrogens (tertiary/aromatic N) is 1. The molecule has 3 rings (SSSR count). The normalized spacial score (nSPS) is 16.9. The van der Waals surface area contributed by atoms with Crippen LogP contribution >= 0.6 is 0 Å². The van der Waals surface area contributed by atoms with Gasteiger partial charge < -0.3 is 10.5 Å².